The molecule has 1 saturated carbocycles. The summed E-state index contributed by atoms with van der Waals surface area (Å²) in [7, 11) is 0. The average Bonchev–Trinajstić information content (AvgIpc) is 3.58. The van der Waals surface area contributed by atoms with Gasteiger partial charge in [0, 0.05) is 35.3 Å². The lowest BCUT2D eigenvalue weighted by Gasteiger charge is -2.29. The van der Waals surface area contributed by atoms with Crippen LogP contribution in [0.15, 0.2) is 71.7 Å². The van der Waals surface area contributed by atoms with Gasteiger partial charge in [-0.1, -0.05) is 53.5 Å². The molecule has 1 amide bonds. The van der Waals surface area contributed by atoms with Crippen LogP contribution in [0.1, 0.15) is 41.0 Å². The van der Waals surface area contributed by atoms with Gasteiger partial charge in [0.25, 0.3) is 11.5 Å². The Morgan fingerprint density at radius 2 is 1.76 bits per heavy atom. The van der Waals surface area contributed by atoms with Crippen molar-refractivity contribution in [1.82, 2.24) is 19.1 Å². The van der Waals surface area contributed by atoms with E-state index in [4.69, 9.17) is 34.0 Å². The first kappa shape index (κ1) is 27.2. The van der Waals surface area contributed by atoms with E-state index in [9.17, 15) is 9.59 Å². The van der Waals surface area contributed by atoms with Crippen molar-refractivity contribution in [2.24, 2.45) is 5.73 Å². The molecular formula is C27H28Cl3N5O2. The number of hydrogen-bond acceptors (Lipinski definition) is 4. The van der Waals surface area contributed by atoms with Crippen LogP contribution in [-0.2, 0) is 12.0 Å². The van der Waals surface area contributed by atoms with Crippen molar-refractivity contribution in [2.75, 3.05) is 19.6 Å². The number of fused-ring (bicyclic) bond motifs is 1. The molecule has 5 rings (SSSR count). The maximum atomic E-state index is 13.7. The van der Waals surface area contributed by atoms with E-state index in [2.05, 4.69) is 0 Å². The second kappa shape index (κ2) is 11.3. The minimum atomic E-state index is -0.435. The van der Waals surface area contributed by atoms with Crippen LogP contribution in [0.4, 0.5) is 0 Å². The fourth-order valence-corrected chi connectivity index (χ4v) is 5.00. The van der Waals surface area contributed by atoms with Crippen LogP contribution in [0.25, 0.3) is 5.52 Å². The summed E-state index contributed by atoms with van der Waals surface area (Å²) in [4.78, 5) is 29.0. The molecule has 0 saturated heterocycles. The molecule has 7 nitrogen and oxygen atoms in total. The average molecular weight is 561 g/mol. The standard InChI is InChI=1S/C27H27Cl2N5O2.ClH/c28-21-9-7-20(8-10-21)24(35)32(15-4-14-30)18-27(12-13-27)26-31-34-16-11-22(29)23(34)25(36)33(26)17-19-5-2-1-3-6-19;/h1-3,5-11,16H,4,12-15,17-18,30H2;1H. The molecule has 2 heterocycles. The largest absolute Gasteiger partial charge is 0.338 e. The summed E-state index contributed by atoms with van der Waals surface area (Å²) in [6.45, 7) is 1.80. The zero-order valence-electron chi connectivity index (χ0n) is 20.1. The molecule has 0 bridgehead atoms. The van der Waals surface area contributed by atoms with Gasteiger partial charge in [-0.05, 0) is 61.7 Å². The molecule has 2 aromatic heterocycles. The minimum absolute atomic E-state index is 0. The van der Waals surface area contributed by atoms with Gasteiger partial charge in [0.15, 0.2) is 0 Å². The maximum absolute atomic E-state index is 13.7. The summed E-state index contributed by atoms with van der Waals surface area (Å²) >= 11 is 12.4. The fourth-order valence-electron chi connectivity index (χ4n) is 4.65. The number of nitrogens with zero attached hydrogens (tertiary/aromatic N) is 4. The predicted octanol–water partition coefficient (Wildman–Crippen LogP) is 4.80. The van der Waals surface area contributed by atoms with Gasteiger partial charge in [-0.2, -0.15) is 5.10 Å². The fraction of sp³-hybridized carbons (Fsp3) is 0.296. The van der Waals surface area contributed by atoms with E-state index in [1.54, 1.807) is 45.6 Å². The Bertz CT molecular complexity index is 1450. The number of benzene rings is 2. The Morgan fingerprint density at radius 1 is 1.05 bits per heavy atom. The monoisotopic (exact) mass is 559 g/mol. The van der Waals surface area contributed by atoms with Gasteiger partial charge >= 0.3 is 0 Å². The first-order valence-electron chi connectivity index (χ1n) is 12.0. The van der Waals surface area contributed by atoms with Gasteiger partial charge in [-0.3, -0.25) is 14.2 Å². The molecule has 10 heteroatoms. The van der Waals surface area contributed by atoms with Crippen molar-refractivity contribution < 1.29 is 4.79 Å². The molecule has 1 aliphatic rings. The molecule has 2 aromatic carbocycles. The first-order chi connectivity index (χ1) is 17.4. The second-order valence-electron chi connectivity index (χ2n) is 9.31. The molecule has 0 spiro atoms. The van der Waals surface area contributed by atoms with E-state index in [1.165, 1.54) is 0 Å². The number of carbonyl (C=O) groups excluding carboxylic acids is 1. The maximum Gasteiger partial charge on any atom is 0.279 e. The van der Waals surface area contributed by atoms with Gasteiger partial charge < -0.3 is 10.6 Å². The Kier molecular flexibility index (Phi) is 8.29. The third kappa shape index (κ3) is 5.55. The van der Waals surface area contributed by atoms with Crippen LogP contribution in [0.5, 0.6) is 0 Å². The minimum Gasteiger partial charge on any atom is -0.338 e. The van der Waals surface area contributed by atoms with E-state index in [1.807, 2.05) is 35.2 Å². The van der Waals surface area contributed by atoms with Crippen LogP contribution in [0, 0.1) is 0 Å². The normalized spacial score (nSPS) is 13.8. The van der Waals surface area contributed by atoms with Crippen LogP contribution in [0.2, 0.25) is 10.0 Å². The summed E-state index contributed by atoms with van der Waals surface area (Å²) < 4.78 is 3.28. The van der Waals surface area contributed by atoms with Crippen LogP contribution >= 0.6 is 35.6 Å². The highest BCUT2D eigenvalue weighted by atomic mass is 35.5. The topological polar surface area (TPSA) is 85.6 Å². The number of hydrogen-bond donors (Lipinski definition) is 1. The van der Waals surface area contributed by atoms with E-state index in [-0.39, 0.29) is 23.9 Å². The van der Waals surface area contributed by atoms with Crippen LogP contribution < -0.4 is 11.3 Å². The molecule has 0 aliphatic heterocycles. The second-order valence-corrected chi connectivity index (χ2v) is 10.2. The molecule has 0 unspecified atom stereocenters. The first-order valence-corrected chi connectivity index (χ1v) is 12.7. The van der Waals surface area contributed by atoms with Crippen molar-refractivity contribution in [2.45, 2.75) is 31.2 Å². The third-order valence-electron chi connectivity index (χ3n) is 6.74. The van der Waals surface area contributed by atoms with E-state index < -0.39 is 5.41 Å². The number of nitrogens with two attached hydrogens (primary N) is 1. The van der Waals surface area contributed by atoms with E-state index in [0.29, 0.717) is 59.5 Å². The predicted molar refractivity (Wildman–Crippen MR) is 149 cm³/mol. The molecule has 1 aliphatic carbocycles. The molecular weight excluding hydrogens is 533 g/mol. The number of carbonyl (C=O) groups is 1. The van der Waals surface area contributed by atoms with Crippen molar-refractivity contribution in [3.63, 3.8) is 0 Å². The van der Waals surface area contributed by atoms with Crippen LogP contribution in [0.3, 0.4) is 0 Å². The Labute approximate surface area is 231 Å². The summed E-state index contributed by atoms with van der Waals surface area (Å²) in [5.41, 5.74) is 7.07. The lowest BCUT2D eigenvalue weighted by Crippen LogP contribution is -2.42. The van der Waals surface area contributed by atoms with Crippen LogP contribution in [-0.4, -0.2) is 44.6 Å². The molecule has 0 radical (unpaired) electrons. The smallest absolute Gasteiger partial charge is 0.279 e. The summed E-state index contributed by atoms with van der Waals surface area (Å²) in [6.07, 6.45) is 4.02. The molecule has 1 fully saturated rings. The number of rotatable bonds is 9. The number of aromatic nitrogens is 3. The molecule has 37 heavy (non-hydrogen) atoms. The van der Waals surface area contributed by atoms with Gasteiger partial charge in [-0.25, -0.2) is 4.52 Å². The van der Waals surface area contributed by atoms with Gasteiger partial charge in [0.05, 0.1) is 11.6 Å². The van der Waals surface area contributed by atoms with Crippen molar-refractivity contribution >= 4 is 47.0 Å². The quantitative estimate of drug-likeness (QED) is 0.319. The summed E-state index contributed by atoms with van der Waals surface area (Å²) in [6, 6.07) is 18.4. The molecule has 2 N–H and O–H groups in total. The number of amides is 1. The molecule has 194 valence electrons. The third-order valence-corrected chi connectivity index (χ3v) is 7.30. The highest BCUT2D eigenvalue weighted by molar-refractivity contribution is 6.33. The Balaban J connectivity index is 0.00000320. The molecule has 0 atom stereocenters. The lowest BCUT2D eigenvalue weighted by atomic mass is 10.0. The zero-order chi connectivity index (χ0) is 25.3. The van der Waals surface area contributed by atoms with Crippen molar-refractivity contribution in [3.8, 4) is 0 Å². The van der Waals surface area contributed by atoms with Crippen molar-refractivity contribution in [3.05, 3.63) is 104 Å². The number of halogens is 3. The van der Waals surface area contributed by atoms with Gasteiger partial charge in [0.1, 0.15) is 11.3 Å². The highest BCUT2D eigenvalue weighted by Gasteiger charge is 2.50. The SMILES string of the molecule is Cl.NCCCN(CC1(c2nn3ccc(Cl)c3c(=O)n2Cc2ccccc2)CC1)C(=O)c1ccc(Cl)cc1. The summed E-state index contributed by atoms with van der Waals surface area (Å²) in [5.74, 6) is 0.575. The van der Waals surface area contributed by atoms with Gasteiger partial charge in [0.2, 0.25) is 0 Å². The Morgan fingerprint density at radius 3 is 2.41 bits per heavy atom. The highest BCUT2D eigenvalue weighted by Crippen LogP contribution is 2.48. The lowest BCUT2D eigenvalue weighted by molar-refractivity contribution is 0.0735. The summed E-state index contributed by atoms with van der Waals surface area (Å²) in [5, 5.41) is 5.82. The van der Waals surface area contributed by atoms with Crippen molar-refractivity contribution in [1.29, 1.82) is 0 Å². The zero-order valence-corrected chi connectivity index (χ0v) is 22.5. The molecule has 4 aromatic rings. The van der Waals surface area contributed by atoms with Gasteiger partial charge in [-0.15, -0.1) is 12.4 Å². The Hall–Kier alpha value is -2.84. The van der Waals surface area contributed by atoms with E-state index >= 15 is 0 Å². The van der Waals surface area contributed by atoms with E-state index in [0.717, 1.165) is 18.4 Å².